The Kier molecular flexibility index (Phi) is 6.28. The number of hydrogen-bond donors (Lipinski definition) is 1. The van der Waals surface area contributed by atoms with Crippen LogP contribution in [0.5, 0.6) is 5.75 Å². The minimum absolute atomic E-state index is 0.259. The molecular formula is C17H17Cl2NO3. The number of carbonyl (C=O) groups is 1. The monoisotopic (exact) mass is 353 g/mol. The lowest BCUT2D eigenvalue weighted by Crippen LogP contribution is -2.30. The molecule has 0 aliphatic carbocycles. The van der Waals surface area contributed by atoms with Crippen LogP contribution in [0.2, 0.25) is 10.0 Å². The van der Waals surface area contributed by atoms with Gasteiger partial charge in [0.1, 0.15) is 5.75 Å². The number of ether oxygens (including phenoxy) is 2. The van der Waals surface area contributed by atoms with Crippen LogP contribution >= 0.6 is 23.2 Å². The number of methoxy groups -OCH3 is 1. The van der Waals surface area contributed by atoms with Gasteiger partial charge in [-0.15, -0.1) is 0 Å². The molecule has 0 bridgehead atoms. The number of carbonyl (C=O) groups excluding carboxylic acids is 1. The topological polar surface area (TPSA) is 47.6 Å². The first-order valence-corrected chi connectivity index (χ1v) is 7.75. The third-order valence-electron chi connectivity index (χ3n) is 3.08. The lowest BCUT2D eigenvalue weighted by molar-refractivity contribution is -0.122. The van der Waals surface area contributed by atoms with Crippen molar-refractivity contribution >= 4 is 34.8 Å². The summed E-state index contributed by atoms with van der Waals surface area (Å²) in [6, 6.07) is 12.3. The van der Waals surface area contributed by atoms with Gasteiger partial charge in [0.25, 0.3) is 5.91 Å². The molecule has 1 amide bonds. The van der Waals surface area contributed by atoms with Crippen LogP contribution in [0.3, 0.4) is 0 Å². The molecule has 1 atom stereocenters. The molecule has 0 radical (unpaired) electrons. The van der Waals surface area contributed by atoms with E-state index in [0.29, 0.717) is 28.1 Å². The molecule has 4 nitrogen and oxygen atoms in total. The largest absolute Gasteiger partial charge is 0.481 e. The van der Waals surface area contributed by atoms with E-state index in [0.717, 1.165) is 5.56 Å². The highest BCUT2D eigenvalue weighted by molar-refractivity contribution is 6.42. The third-order valence-corrected chi connectivity index (χ3v) is 3.82. The fourth-order valence-electron chi connectivity index (χ4n) is 1.96. The fraction of sp³-hybridized carbons (Fsp3) is 0.235. The summed E-state index contributed by atoms with van der Waals surface area (Å²) in [7, 11) is 1.62. The molecule has 0 aromatic heterocycles. The molecule has 2 aromatic carbocycles. The molecule has 6 heteroatoms. The average Bonchev–Trinajstić information content (AvgIpc) is 2.51. The van der Waals surface area contributed by atoms with Crippen molar-refractivity contribution < 1.29 is 14.3 Å². The lowest BCUT2D eigenvalue weighted by Gasteiger charge is -2.15. The van der Waals surface area contributed by atoms with Gasteiger partial charge < -0.3 is 14.8 Å². The summed E-state index contributed by atoms with van der Waals surface area (Å²) >= 11 is 11.8. The van der Waals surface area contributed by atoms with Crippen LogP contribution in [-0.2, 0) is 16.1 Å². The van der Waals surface area contributed by atoms with Gasteiger partial charge in [-0.2, -0.15) is 0 Å². The maximum absolute atomic E-state index is 12.2. The summed E-state index contributed by atoms with van der Waals surface area (Å²) in [5.41, 5.74) is 1.66. The van der Waals surface area contributed by atoms with E-state index in [-0.39, 0.29) is 5.91 Å². The molecule has 0 fully saturated rings. The summed E-state index contributed by atoms with van der Waals surface area (Å²) in [5.74, 6) is 0.223. The molecule has 23 heavy (non-hydrogen) atoms. The predicted octanol–water partition coefficient (Wildman–Crippen LogP) is 4.55. The second-order valence-electron chi connectivity index (χ2n) is 4.96. The Balaban J connectivity index is 1.99. The molecule has 122 valence electrons. The van der Waals surface area contributed by atoms with Gasteiger partial charge in [0.2, 0.25) is 0 Å². The molecule has 1 N–H and O–H groups in total. The summed E-state index contributed by atoms with van der Waals surface area (Å²) in [5, 5.41) is 3.62. The second-order valence-corrected chi connectivity index (χ2v) is 5.77. The molecule has 0 saturated heterocycles. The standard InChI is InChI=1S/C17H17Cl2NO3/c1-11(23-14-6-7-15(18)16(19)9-14)17(21)20-13-5-3-4-12(8-13)10-22-2/h3-9,11H,10H2,1-2H3,(H,20,21). The zero-order valence-corrected chi connectivity index (χ0v) is 14.3. The quantitative estimate of drug-likeness (QED) is 0.828. The van der Waals surface area contributed by atoms with Crippen molar-refractivity contribution in [3.63, 3.8) is 0 Å². The number of benzene rings is 2. The van der Waals surface area contributed by atoms with Crippen LogP contribution in [-0.4, -0.2) is 19.1 Å². The van der Waals surface area contributed by atoms with E-state index in [2.05, 4.69) is 5.32 Å². The van der Waals surface area contributed by atoms with Gasteiger partial charge in [-0.1, -0.05) is 35.3 Å². The van der Waals surface area contributed by atoms with E-state index in [9.17, 15) is 4.79 Å². The first kappa shape index (κ1) is 17.6. The smallest absolute Gasteiger partial charge is 0.265 e. The number of rotatable bonds is 6. The maximum Gasteiger partial charge on any atom is 0.265 e. The van der Waals surface area contributed by atoms with Crippen LogP contribution in [0.4, 0.5) is 5.69 Å². The first-order chi connectivity index (χ1) is 11.0. The number of nitrogens with one attached hydrogen (secondary N) is 1. The van der Waals surface area contributed by atoms with Crippen LogP contribution in [0.25, 0.3) is 0 Å². The van der Waals surface area contributed by atoms with E-state index in [1.54, 1.807) is 32.2 Å². The molecule has 0 heterocycles. The number of amides is 1. The molecule has 0 spiro atoms. The molecule has 2 rings (SSSR count). The minimum Gasteiger partial charge on any atom is -0.481 e. The van der Waals surface area contributed by atoms with E-state index in [1.165, 1.54) is 0 Å². The Morgan fingerprint density at radius 1 is 1.17 bits per heavy atom. The lowest BCUT2D eigenvalue weighted by atomic mass is 10.2. The third kappa shape index (κ3) is 5.13. The van der Waals surface area contributed by atoms with Gasteiger partial charge in [-0.3, -0.25) is 4.79 Å². The minimum atomic E-state index is -0.682. The normalized spacial score (nSPS) is 11.8. The van der Waals surface area contributed by atoms with Crippen LogP contribution in [0, 0.1) is 0 Å². The van der Waals surface area contributed by atoms with Crippen molar-refractivity contribution in [1.29, 1.82) is 0 Å². The number of anilines is 1. The van der Waals surface area contributed by atoms with Gasteiger partial charge in [0.05, 0.1) is 16.7 Å². The zero-order chi connectivity index (χ0) is 16.8. The Labute approximate surface area is 145 Å². The summed E-state index contributed by atoms with van der Waals surface area (Å²) in [6.07, 6.45) is -0.682. The van der Waals surface area contributed by atoms with Crippen molar-refractivity contribution in [3.8, 4) is 5.75 Å². The van der Waals surface area contributed by atoms with Gasteiger partial charge in [-0.25, -0.2) is 0 Å². The van der Waals surface area contributed by atoms with Crippen molar-refractivity contribution in [2.24, 2.45) is 0 Å². The van der Waals surface area contributed by atoms with Crippen molar-refractivity contribution in [2.75, 3.05) is 12.4 Å². The summed E-state index contributed by atoms with van der Waals surface area (Å²) in [6.45, 7) is 2.15. The van der Waals surface area contributed by atoms with E-state index < -0.39 is 6.10 Å². The van der Waals surface area contributed by atoms with Gasteiger partial charge in [0, 0.05) is 18.9 Å². The van der Waals surface area contributed by atoms with Gasteiger partial charge in [-0.05, 0) is 36.8 Å². The Morgan fingerprint density at radius 3 is 2.65 bits per heavy atom. The number of hydrogen-bond acceptors (Lipinski definition) is 3. The van der Waals surface area contributed by atoms with Crippen LogP contribution in [0.1, 0.15) is 12.5 Å². The molecule has 2 aromatic rings. The summed E-state index contributed by atoms with van der Waals surface area (Å²) in [4.78, 5) is 12.2. The number of halogens is 2. The molecule has 1 unspecified atom stereocenters. The molecule has 0 aliphatic heterocycles. The van der Waals surface area contributed by atoms with Crippen molar-refractivity contribution in [2.45, 2.75) is 19.6 Å². The molecule has 0 saturated carbocycles. The molecule has 0 aliphatic rings. The predicted molar refractivity (Wildman–Crippen MR) is 92.3 cm³/mol. The van der Waals surface area contributed by atoms with Crippen molar-refractivity contribution in [3.05, 3.63) is 58.1 Å². The second kappa shape index (κ2) is 8.20. The SMILES string of the molecule is COCc1cccc(NC(=O)C(C)Oc2ccc(Cl)c(Cl)c2)c1. The molecular weight excluding hydrogens is 337 g/mol. The highest BCUT2D eigenvalue weighted by Gasteiger charge is 2.15. The summed E-state index contributed by atoms with van der Waals surface area (Å²) < 4.78 is 10.7. The fourth-order valence-corrected chi connectivity index (χ4v) is 2.25. The van der Waals surface area contributed by atoms with E-state index in [1.807, 2.05) is 24.3 Å². The highest BCUT2D eigenvalue weighted by atomic mass is 35.5. The zero-order valence-electron chi connectivity index (χ0n) is 12.8. The van der Waals surface area contributed by atoms with E-state index >= 15 is 0 Å². The Morgan fingerprint density at radius 2 is 1.96 bits per heavy atom. The average molecular weight is 354 g/mol. The van der Waals surface area contributed by atoms with Crippen LogP contribution < -0.4 is 10.1 Å². The Hall–Kier alpha value is -1.75. The van der Waals surface area contributed by atoms with E-state index in [4.69, 9.17) is 32.7 Å². The maximum atomic E-state index is 12.2. The van der Waals surface area contributed by atoms with Crippen LogP contribution in [0.15, 0.2) is 42.5 Å². The van der Waals surface area contributed by atoms with Gasteiger partial charge >= 0.3 is 0 Å². The van der Waals surface area contributed by atoms with Gasteiger partial charge in [0.15, 0.2) is 6.10 Å². The van der Waals surface area contributed by atoms with Crippen molar-refractivity contribution in [1.82, 2.24) is 0 Å². The Bertz CT molecular complexity index is 691. The first-order valence-electron chi connectivity index (χ1n) is 7.00. The highest BCUT2D eigenvalue weighted by Crippen LogP contribution is 2.27.